The van der Waals surface area contributed by atoms with Crippen molar-refractivity contribution in [2.24, 2.45) is 0 Å². The molecular weight excluding hydrogens is 321 g/mol. The van der Waals surface area contributed by atoms with E-state index in [1.54, 1.807) is 17.6 Å². The molecule has 0 saturated heterocycles. The van der Waals surface area contributed by atoms with Gasteiger partial charge in [0.05, 0.1) is 12.1 Å². The number of carbonyl (C=O) groups is 1. The van der Waals surface area contributed by atoms with Crippen LogP contribution >= 0.6 is 0 Å². The Morgan fingerprint density at radius 3 is 2.52 bits per heavy atom. The van der Waals surface area contributed by atoms with Gasteiger partial charge in [-0.2, -0.15) is 0 Å². The fourth-order valence-electron chi connectivity index (χ4n) is 2.87. The average Bonchev–Trinajstić information content (AvgIpc) is 2.63. The number of esters is 1. The van der Waals surface area contributed by atoms with Crippen molar-refractivity contribution in [3.8, 4) is 11.1 Å². The third-order valence-electron chi connectivity index (χ3n) is 4.09. The molecule has 0 bridgehead atoms. The number of fused-ring (bicyclic) bond motifs is 1. The highest BCUT2D eigenvalue weighted by molar-refractivity contribution is 5.94. The van der Waals surface area contributed by atoms with E-state index in [-0.39, 0.29) is 17.6 Å². The van der Waals surface area contributed by atoms with E-state index in [2.05, 4.69) is 0 Å². The first-order chi connectivity index (χ1) is 12.1. The van der Waals surface area contributed by atoms with Crippen molar-refractivity contribution in [2.45, 2.75) is 20.4 Å². The summed E-state index contributed by atoms with van der Waals surface area (Å²) in [7, 11) is 0. The molecule has 0 aliphatic rings. The zero-order valence-electron chi connectivity index (χ0n) is 14.1. The van der Waals surface area contributed by atoms with E-state index >= 15 is 0 Å². The molecule has 0 aliphatic carbocycles. The minimum absolute atomic E-state index is 0.0805. The molecule has 0 spiro atoms. The van der Waals surface area contributed by atoms with Gasteiger partial charge in [-0.1, -0.05) is 30.3 Å². The first kappa shape index (κ1) is 16.9. The van der Waals surface area contributed by atoms with E-state index in [0.717, 1.165) is 5.56 Å². The smallest absolute Gasteiger partial charge is 0.343 e. The lowest BCUT2D eigenvalue weighted by molar-refractivity contribution is 0.0524. The van der Waals surface area contributed by atoms with Crippen LogP contribution in [0.15, 0.2) is 53.5 Å². The molecule has 1 heterocycles. The molecule has 0 N–H and O–H groups in total. The fraction of sp³-hybridized carbons (Fsp3) is 0.200. The molecule has 25 heavy (non-hydrogen) atoms. The summed E-state index contributed by atoms with van der Waals surface area (Å²) in [5.41, 5.74) is 1.13. The molecule has 0 radical (unpaired) electrons. The molecule has 0 atom stereocenters. The number of carbonyl (C=O) groups excluding carboxylic acids is 1. The van der Waals surface area contributed by atoms with E-state index in [4.69, 9.17) is 4.74 Å². The number of hydrogen-bond donors (Lipinski definition) is 0. The van der Waals surface area contributed by atoms with Crippen molar-refractivity contribution in [3.05, 3.63) is 70.3 Å². The van der Waals surface area contributed by atoms with Gasteiger partial charge in [-0.25, -0.2) is 9.18 Å². The highest BCUT2D eigenvalue weighted by Gasteiger charge is 2.18. The van der Waals surface area contributed by atoms with Crippen LogP contribution in [0.3, 0.4) is 0 Å². The molecule has 0 fully saturated rings. The van der Waals surface area contributed by atoms with Crippen LogP contribution in [0.1, 0.15) is 24.2 Å². The quantitative estimate of drug-likeness (QED) is 0.675. The first-order valence-corrected chi connectivity index (χ1v) is 8.16. The van der Waals surface area contributed by atoms with Crippen molar-refractivity contribution >= 4 is 16.9 Å². The molecule has 3 aromatic rings. The molecule has 128 valence electrons. The normalized spacial score (nSPS) is 10.8. The zero-order valence-corrected chi connectivity index (χ0v) is 14.1. The van der Waals surface area contributed by atoms with E-state index < -0.39 is 17.2 Å². The number of aryl methyl sites for hydroxylation is 1. The molecule has 0 unspecified atom stereocenters. The van der Waals surface area contributed by atoms with Gasteiger partial charge in [0.15, 0.2) is 0 Å². The van der Waals surface area contributed by atoms with Crippen molar-refractivity contribution < 1.29 is 13.9 Å². The minimum Gasteiger partial charge on any atom is -0.462 e. The van der Waals surface area contributed by atoms with Crippen LogP contribution in [-0.4, -0.2) is 17.1 Å². The lowest BCUT2D eigenvalue weighted by Crippen LogP contribution is -2.21. The van der Waals surface area contributed by atoms with Gasteiger partial charge in [0, 0.05) is 23.7 Å². The summed E-state index contributed by atoms with van der Waals surface area (Å²) < 4.78 is 21.3. The second kappa shape index (κ2) is 6.89. The van der Waals surface area contributed by atoms with Gasteiger partial charge in [-0.05, 0) is 31.5 Å². The summed E-state index contributed by atoms with van der Waals surface area (Å²) in [4.78, 5) is 24.7. The molecule has 4 nitrogen and oxygen atoms in total. The number of halogens is 1. The number of hydrogen-bond acceptors (Lipinski definition) is 3. The van der Waals surface area contributed by atoms with Crippen molar-refractivity contribution in [3.63, 3.8) is 0 Å². The van der Waals surface area contributed by atoms with Gasteiger partial charge in [-0.3, -0.25) is 4.79 Å². The van der Waals surface area contributed by atoms with Crippen molar-refractivity contribution in [1.82, 2.24) is 4.57 Å². The highest BCUT2D eigenvalue weighted by atomic mass is 19.1. The number of pyridine rings is 1. The zero-order chi connectivity index (χ0) is 18.0. The molecule has 2 aromatic carbocycles. The van der Waals surface area contributed by atoms with Crippen LogP contribution in [-0.2, 0) is 11.3 Å². The van der Waals surface area contributed by atoms with Crippen molar-refractivity contribution in [2.75, 3.05) is 6.61 Å². The second-order valence-corrected chi connectivity index (χ2v) is 5.59. The summed E-state index contributed by atoms with van der Waals surface area (Å²) in [5, 5.41) is 0.171. The Bertz CT molecular complexity index is 993. The molecule has 1 aromatic heterocycles. The minimum atomic E-state index is -0.691. The van der Waals surface area contributed by atoms with Gasteiger partial charge in [0.1, 0.15) is 11.4 Å². The lowest BCUT2D eigenvalue weighted by atomic mass is 10.0. The Kier molecular flexibility index (Phi) is 4.65. The number of benzene rings is 2. The maximum atomic E-state index is 14.6. The lowest BCUT2D eigenvalue weighted by Gasteiger charge is -2.13. The first-order valence-electron chi connectivity index (χ1n) is 8.16. The highest BCUT2D eigenvalue weighted by Crippen LogP contribution is 2.27. The summed E-state index contributed by atoms with van der Waals surface area (Å²) >= 11 is 0. The topological polar surface area (TPSA) is 48.3 Å². The Balaban J connectivity index is 2.30. The molecular formula is C20H18FNO3. The predicted molar refractivity (Wildman–Crippen MR) is 95.2 cm³/mol. The van der Waals surface area contributed by atoms with Crippen LogP contribution in [0.4, 0.5) is 4.39 Å². The van der Waals surface area contributed by atoms with E-state index in [9.17, 15) is 14.0 Å². The summed E-state index contributed by atoms with van der Waals surface area (Å²) in [6.45, 7) is 4.26. The number of ether oxygens (including phenoxy) is 1. The molecule has 5 heteroatoms. The van der Waals surface area contributed by atoms with Gasteiger partial charge < -0.3 is 9.30 Å². The largest absolute Gasteiger partial charge is 0.462 e. The number of rotatable bonds is 4. The maximum Gasteiger partial charge on any atom is 0.343 e. The van der Waals surface area contributed by atoms with Gasteiger partial charge >= 0.3 is 5.97 Å². The molecule has 0 amide bonds. The SMILES string of the molecule is CCOC(=O)c1cn(CC)c2cc(-c3ccccc3)c(F)cc2c1=O. The number of aromatic nitrogens is 1. The Labute approximate surface area is 144 Å². The monoisotopic (exact) mass is 339 g/mol. The maximum absolute atomic E-state index is 14.6. The standard InChI is InChI=1S/C20H18FNO3/c1-3-22-12-16(20(24)25-4-2)19(23)15-10-17(21)14(11-18(15)22)13-8-6-5-7-9-13/h5-12H,3-4H2,1-2H3. The number of nitrogens with zero attached hydrogens (tertiary/aromatic N) is 1. The fourth-order valence-corrected chi connectivity index (χ4v) is 2.87. The van der Waals surface area contributed by atoms with Crippen LogP contribution in [0.5, 0.6) is 0 Å². The van der Waals surface area contributed by atoms with Gasteiger partial charge in [0.25, 0.3) is 0 Å². The summed E-state index contributed by atoms with van der Waals surface area (Å²) in [6, 6.07) is 12.0. The third-order valence-corrected chi connectivity index (χ3v) is 4.09. The molecule has 3 rings (SSSR count). The van der Waals surface area contributed by atoms with Crippen LogP contribution in [0.25, 0.3) is 22.0 Å². The third kappa shape index (κ3) is 3.05. The van der Waals surface area contributed by atoms with Gasteiger partial charge in [-0.15, -0.1) is 0 Å². The van der Waals surface area contributed by atoms with Crippen LogP contribution < -0.4 is 5.43 Å². The van der Waals surface area contributed by atoms with Crippen molar-refractivity contribution in [1.29, 1.82) is 0 Å². The Morgan fingerprint density at radius 1 is 1.16 bits per heavy atom. The van der Waals surface area contributed by atoms with Crippen LogP contribution in [0, 0.1) is 5.82 Å². The molecule has 0 saturated carbocycles. The summed E-state index contributed by atoms with van der Waals surface area (Å²) in [6.07, 6.45) is 1.48. The van der Waals surface area contributed by atoms with E-state index in [1.165, 1.54) is 12.3 Å². The van der Waals surface area contributed by atoms with E-state index in [0.29, 0.717) is 17.6 Å². The Morgan fingerprint density at radius 2 is 1.88 bits per heavy atom. The Hall–Kier alpha value is -2.95. The molecule has 0 aliphatic heterocycles. The van der Waals surface area contributed by atoms with Crippen LogP contribution in [0.2, 0.25) is 0 Å². The average molecular weight is 339 g/mol. The second-order valence-electron chi connectivity index (χ2n) is 5.59. The summed E-state index contributed by atoms with van der Waals surface area (Å²) in [5.74, 6) is -1.19. The van der Waals surface area contributed by atoms with E-state index in [1.807, 2.05) is 37.3 Å². The predicted octanol–water partition coefficient (Wildman–Crippen LogP) is 4.00. The van der Waals surface area contributed by atoms with Gasteiger partial charge in [0.2, 0.25) is 5.43 Å².